The van der Waals surface area contributed by atoms with E-state index in [1.165, 1.54) is 6.07 Å². The number of sulfonamides is 1. The molecule has 1 rings (SSSR count). The molecule has 3 nitrogen and oxygen atoms in total. The van der Waals surface area contributed by atoms with E-state index in [4.69, 9.17) is 11.6 Å². The molecule has 0 bridgehead atoms. The zero-order chi connectivity index (χ0) is 14.0. The maximum atomic E-state index is 12.1. The van der Waals surface area contributed by atoms with E-state index < -0.39 is 10.0 Å². The molecule has 0 radical (unpaired) electrons. The van der Waals surface area contributed by atoms with Gasteiger partial charge in [-0.2, -0.15) is 11.8 Å². The summed E-state index contributed by atoms with van der Waals surface area (Å²) in [4.78, 5) is 0.101. The summed E-state index contributed by atoms with van der Waals surface area (Å²) < 4.78 is 27.4. The smallest absolute Gasteiger partial charge is 0.210 e. The molecule has 102 valence electrons. The van der Waals surface area contributed by atoms with Gasteiger partial charge in [-0.1, -0.05) is 27.5 Å². The van der Waals surface area contributed by atoms with Crippen molar-refractivity contribution in [1.82, 2.24) is 4.72 Å². The van der Waals surface area contributed by atoms with Crippen LogP contribution in [0.2, 0.25) is 5.02 Å². The van der Waals surface area contributed by atoms with Crippen molar-refractivity contribution in [3.63, 3.8) is 0 Å². The maximum Gasteiger partial charge on any atom is 0.242 e. The molecule has 18 heavy (non-hydrogen) atoms. The van der Waals surface area contributed by atoms with Crippen LogP contribution in [0.3, 0.4) is 0 Å². The third-order valence-electron chi connectivity index (χ3n) is 2.42. The third kappa shape index (κ3) is 4.42. The first-order valence-corrected chi connectivity index (χ1v) is 9.06. The fourth-order valence-corrected chi connectivity index (χ4v) is 3.67. The molecule has 0 amide bonds. The average Bonchev–Trinajstić information content (AvgIpc) is 2.26. The van der Waals surface area contributed by atoms with E-state index >= 15 is 0 Å². The zero-order valence-corrected chi connectivity index (χ0v) is 14.3. The second-order valence-corrected chi connectivity index (χ2v) is 8.93. The fraction of sp³-hybridized carbons (Fsp3) is 0.455. The SMILES string of the molecule is CSC(C)(C)CNS(=O)(=O)c1ccc(Br)cc1Cl. The lowest BCUT2D eigenvalue weighted by Crippen LogP contribution is -2.36. The van der Waals surface area contributed by atoms with Crippen molar-refractivity contribution in [1.29, 1.82) is 0 Å². The Morgan fingerprint density at radius 3 is 2.56 bits per heavy atom. The van der Waals surface area contributed by atoms with Gasteiger partial charge in [0.2, 0.25) is 10.0 Å². The van der Waals surface area contributed by atoms with Crippen molar-refractivity contribution in [2.24, 2.45) is 0 Å². The van der Waals surface area contributed by atoms with E-state index in [1.54, 1.807) is 23.9 Å². The van der Waals surface area contributed by atoms with Gasteiger partial charge in [-0.15, -0.1) is 0 Å². The van der Waals surface area contributed by atoms with Crippen LogP contribution in [0.4, 0.5) is 0 Å². The predicted octanol–water partition coefficient (Wildman–Crippen LogP) is 3.52. The summed E-state index contributed by atoms with van der Waals surface area (Å²) in [5, 5.41) is 0.207. The first-order valence-electron chi connectivity index (χ1n) is 5.18. The van der Waals surface area contributed by atoms with Gasteiger partial charge in [-0.3, -0.25) is 0 Å². The van der Waals surface area contributed by atoms with Crippen LogP contribution in [0.25, 0.3) is 0 Å². The number of thioether (sulfide) groups is 1. The average molecular weight is 373 g/mol. The van der Waals surface area contributed by atoms with E-state index in [-0.39, 0.29) is 14.7 Å². The summed E-state index contributed by atoms with van der Waals surface area (Å²) in [5.41, 5.74) is 0. The minimum absolute atomic E-state index is 0.101. The lowest BCUT2D eigenvalue weighted by molar-refractivity contribution is 0.571. The molecule has 0 aliphatic heterocycles. The Morgan fingerprint density at radius 1 is 1.44 bits per heavy atom. The van der Waals surface area contributed by atoms with Gasteiger partial charge in [0.25, 0.3) is 0 Å². The normalized spacial score (nSPS) is 12.7. The molecule has 0 unspecified atom stereocenters. The molecule has 1 N–H and O–H groups in total. The molecular weight excluding hydrogens is 358 g/mol. The molecule has 0 heterocycles. The second kappa shape index (κ2) is 6.13. The number of nitrogens with one attached hydrogen (secondary N) is 1. The third-order valence-corrected chi connectivity index (χ3v) is 6.05. The summed E-state index contributed by atoms with van der Waals surface area (Å²) in [6, 6.07) is 4.71. The van der Waals surface area contributed by atoms with E-state index in [1.807, 2.05) is 20.1 Å². The van der Waals surface area contributed by atoms with Crippen molar-refractivity contribution in [2.75, 3.05) is 12.8 Å². The molecular formula is C11H15BrClNO2S2. The molecule has 0 spiro atoms. The fourth-order valence-electron chi connectivity index (χ4n) is 1.11. The van der Waals surface area contributed by atoms with E-state index in [9.17, 15) is 8.42 Å². The Balaban J connectivity index is 2.94. The molecule has 0 fully saturated rings. The Morgan fingerprint density at radius 2 is 2.06 bits per heavy atom. The molecule has 0 aliphatic carbocycles. The van der Waals surface area contributed by atoms with Crippen LogP contribution in [0.5, 0.6) is 0 Å². The molecule has 7 heteroatoms. The molecule has 1 aromatic carbocycles. The summed E-state index contributed by atoms with van der Waals surface area (Å²) in [6.45, 7) is 4.30. The van der Waals surface area contributed by atoms with Gasteiger partial charge >= 0.3 is 0 Å². The van der Waals surface area contributed by atoms with Crippen LogP contribution < -0.4 is 4.72 Å². The van der Waals surface area contributed by atoms with E-state index in [0.29, 0.717) is 6.54 Å². The maximum absolute atomic E-state index is 12.1. The highest BCUT2D eigenvalue weighted by Crippen LogP contribution is 2.26. The van der Waals surface area contributed by atoms with Gasteiger partial charge in [0.1, 0.15) is 4.90 Å². The lowest BCUT2D eigenvalue weighted by atomic mass is 10.2. The van der Waals surface area contributed by atoms with Crippen molar-refractivity contribution in [2.45, 2.75) is 23.5 Å². The van der Waals surface area contributed by atoms with Gasteiger partial charge in [-0.05, 0) is 38.3 Å². The quantitative estimate of drug-likeness (QED) is 0.860. The largest absolute Gasteiger partial charge is 0.242 e. The highest BCUT2D eigenvalue weighted by atomic mass is 79.9. The van der Waals surface area contributed by atoms with E-state index in [0.717, 1.165) is 4.47 Å². The minimum Gasteiger partial charge on any atom is -0.210 e. The van der Waals surface area contributed by atoms with Gasteiger partial charge in [0.05, 0.1) is 5.02 Å². The van der Waals surface area contributed by atoms with E-state index in [2.05, 4.69) is 20.7 Å². The van der Waals surface area contributed by atoms with Gasteiger partial charge in [0.15, 0.2) is 0 Å². The predicted molar refractivity (Wildman–Crippen MR) is 81.9 cm³/mol. The number of hydrogen-bond acceptors (Lipinski definition) is 3. The van der Waals surface area contributed by atoms with Crippen molar-refractivity contribution < 1.29 is 8.42 Å². The number of halogens is 2. The Kier molecular flexibility index (Phi) is 5.56. The number of rotatable bonds is 5. The van der Waals surface area contributed by atoms with Crippen LogP contribution in [-0.2, 0) is 10.0 Å². The van der Waals surface area contributed by atoms with Crippen molar-refractivity contribution in [3.8, 4) is 0 Å². The summed E-state index contributed by atoms with van der Waals surface area (Å²) >= 11 is 10.8. The second-order valence-electron chi connectivity index (χ2n) is 4.36. The zero-order valence-electron chi connectivity index (χ0n) is 10.3. The van der Waals surface area contributed by atoms with Gasteiger partial charge in [0, 0.05) is 15.8 Å². The minimum atomic E-state index is -3.57. The molecule has 0 saturated carbocycles. The summed E-state index contributed by atoms with van der Waals surface area (Å²) in [7, 11) is -3.57. The standard InChI is InChI=1S/C11H15BrClNO2S2/c1-11(2,17-3)7-14-18(15,16)10-5-4-8(12)6-9(10)13/h4-6,14H,7H2,1-3H3. The Labute approximate surface area is 126 Å². The van der Waals surface area contributed by atoms with Gasteiger partial charge < -0.3 is 0 Å². The van der Waals surface area contributed by atoms with Crippen LogP contribution in [0, 0.1) is 0 Å². The van der Waals surface area contributed by atoms with Crippen LogP contribution in [0.1, 0.15) is 13.8 Å². The topological polar surface area (TPSA) is 46.2 Å². The Bertz CT molecular complexity index is 532. The van der Waals surface area contributed by atoms with Crippen molar-refractivity contribution >= 4 is 49.3 Å². The first kappa shape index (κ1) is 16.3. The van der Waals surface area contributed by atoms with Crippen LogP contribution in [-0.4, -0.2) is 26.0 Å². The Hall–Kier alpha value is 0.250. The van der Waals surface area contributed by atoms with Gasteiger partial charge in [-0.25, -0.2) is 13.1 Å². The molecule has 0 aromatic heterocycles. The molecule has 0 aliphatic rings. The summed E-state index contributed by atoms with van der Waals surface area (Å²) in [5.74, 6) is 0. The number of hydrogen-bond donors (Lipinski definition) is 1. The number of benzene rings is 1. The monoisotopic (exact) mass is 371 g/mol. The first-order chi connectivity index (χ1) is 8.18. The molecule has 0 atom stereocenters. The summed E-state index contributed by atoms with van der Waals surface area (Å²) in [6.07, 6.45) is 1.95. The molecule has 0 saturated heterocycles. The highest BCUT2D eigenvalue weighted by molar-refractivity contribution is 9.10. The van der Waals surface area contributed by atoms with Crippen molar-refractivity contribution in [3.05, 3.63) is 27.7 Å². The molecule has 1 aromatic rings. The highest BCUT2D eigenvalue weighted by Gasteiger charge is 2.23. The van der Waals surface area contributed by atoms with Crippen LogP contribution in [0.15, 0.2) is 27.6 Å². The van der Waals surface area contributed by atoms with Crippen LogP contribution >= 0.6 is 39.3 Å². The lowest BCUT2D eigenvalue weighted by Gasteiger charge is -2.22.